The Kier molecular flexibility index (Phi) is 3.82. The van der Waals surface area contributed by atoms with Crippen molar-refractivity contribution in [3.63, 3.8) is 0 Å². The average molecular weight is 222 g/mol. The second-order valence-corrected chi connectivity index (χ2v) is 3.23. The normalized spacial score (nSPS) is 10.1. The van der Waals surface area contributed by atoms with E-state index < -0.39 is 5.97 Å². The lowest BCUT2D eigenvalue weighted by Crippen LogP contribution is -2.18. The van der Waals surface area contributed by atoms with Crippen LogP contribution in [0.4, 0.5) is 5.69 Å². The van der Waals surface area contributed by atoms with Crippen LogP contribution >= 0.6 is 12.2 Å². The monoisotopic (exact) mass is 222 g/mol. The van der Waals surface area contributed by atoms with Gasteiger partial charge in [0.25, 0.3) is 0 Å². The smallest absolute Gasteiger partial charge is 0.328 e. The van der Waals surface area contributed by atoms with Crippen LogP contribution in [-0.4, -0.2) is 16.2 Å². The molecule has 1 aromatic carbocycles. The molecule has 0 atom stereocenters. The Bertz CT molecular complexity index is 416. The molecule has 0 aliphatic heterocycles. The summed E-state index contributed by atoms with van der Waals surface area (Å²) in [5, 5.41) is 11.4. The molecule has 4 N–H and O–H groups in total. The number of anilines is 1. The second kappa shape index (κ2) is 5.11. The fourth-order valence-electron chi connectivity index (χ4n) is 1.03. The summed E-state index contributed by atoms with van der Waals surface area (Å²) in [6.45, 7) is 0. The van der Waals surface area contributed by atoms with Gasteiger partial charge < -0.3 is 16.2 Å². The summed E-state index contributed by atoms with van der Waals surface area (Å²) in [6.07, 6.45) is 2.56. The number of carboxylic acid groups (broad SMARTS) is 1. The molecule has 0 aromatic heterocycles. The first-order chi connectivity index (χ1) is 7.08. The Balaban J connectivity index is 2.82. The van der Waals surface area contributed by atoms with E-state index in [0.717, 1.165) is 17.3 Å². The molecule has 78 valence electrons. The molecule has 4 nitrogen and oxygen atoms in total. The number of thiocarbonyl (C=S) groups is 1. The van der Waals surface area contributed by atoms with Crippen LogP contribution in [0.1, 0.15) is 5.56 Å². The van der Waals surface area contributed by atoms with Gasteiger partial charge in [-0.25, -0.2) is 4.79 Å². The lowest BCUT2D eigenvalue weighted by Gasteiger charge is -2.03. The van der Waals surface area contributed by atoms with E-state index in [1.807, 2.05) is 0 Å². The van der Waals surface area contributed by atoms with Gasteiger partial charge in [0, 0.05) is 11.8 Å². The van der Waals surface area contributed by atoms with Crippen LogP contribution in [0.3, 0.4) is 0 Å². The minimum atomic E-state index is -0.984. The number of hydrogen-bond acceptors (Lipinski definition) is 2. The van der Waals surface area contributed by atoms with Crippen molar-refractivity contribution in [3.8, 4) is 0 Å². The molecule has 5 heteroatoms. The van der Waals surface area contributed by atoms with Crippen molar-refractivity contribution < 1.29 is 9.90 Å². The Morgan fingerprint density at radius 2 is 2.27 bits per heavy atom. The molecule has 0 saturated heterocycles. The lowest BCUT2D eigenvalue weighted by molar-refractivity contribution is -0.131. The zero-order valence-corrected chi connectivity index (χ0v) is 8.62. The Morgan fingerprint density at radius 3 is 2.87 bits per heavy atom. The van der Waals surface area contributed by atoms with Crippen molar-refractivity contribution in [2.24, 2.45) is 5.73 Å². The summed E-state index contributed by atoms with van der Waals surface area (Å²) in [5.41, 5.74) is 6.80. The molecule has 0 saturated carbocycles. The van der Waals surface area contributed by atoms with Gasteiger partial charge in [0.1, 0.15) is 0 Å². The van der Waals surface area contributed by atoms with Gasteiger partial charge >= 0.3 is 5.97 Å². The maximum Gasteiger partial charge on any atom is 0.328 e. The zero-order chi connectivity index (χ0) is 11.3. The van der Waals surface area contributed by atoms with Gasteiger partial charge in [0.15, 0.2) is 5.11 Å². The maximum atomic E-state index is 10.3. The minimum Gasteiger partial charge on any atom is -0.478 e. The molecule has 0 amide bonds. The van der Waals surface area contributed by atoms with E-state index in [1.54, 1.807) is 24.3 Å². The van der Waals surface area contributed by atoms with E-state index in [1.165, 1.54) is 6.08 Å². The van der Waals surface area contributed by atoms with E-state index in [0.29, 0.717) is 0 Å². The number of rotatable bonds is 3. The highest BCUT2D eigenvalue weighted by molar-refractivity contribution is 7.80. The molecule has 0 aliphatic rings. The molecular formula is C10H10N2O2S. The van der Waals surface area contributed by atoms with E-state index in [9.17, 15) is 4.79 Å². The zero-order valence-electron chi connectivity index (χ0n) is 7.81. The Labute approximate surface area is 92.4 Å². The fraction of sp³-hybridized carbons (Fsp3) is 0. The Morgan fingerprint density at radius 1 is 1.53 bits per heavy atom. The van der Waals surface area contributed by atoms with E-state index >= 15 is 0 Å². The highest BCUT2D eigenvalue weighted by Gasteiger charge is 1.94. The average Bonchev–Trinajstić information content (AvgIpc) is 2.14. The van der Waals surface area contributed by atoms with Crippen LogP contribution in [0.2, 0.25) is 0 Å². The topological polar surface area (TPSA) is 75.3 Å². The number of nitrogens with one attached hydrogen (secondary N) is 1. The van der Waals surface area contributed by atoms with Gasteiger partial charge in [0.05, 0.1) is 0 Å². The summed E-state index contributed by atoms with van der Waals surface area (Å²) in [6, 6.07) is 7.10. The predicted molar refractivity (Wildman–Crippen MR) is 63.5 cm³/mol. The van der Waals surface area contributed by atoms with E-state index in [2.05, 4.69) is 17.5 Å². The third-order valence-electron chi connectivity index (χ3n) is 1.57. The molecule has 0 heterocycles. The van der Waals surface area contributed by atoms with Gasteiger partial charge in [-0.2, -0.15) is 0 Å². The quantitative estimate of drug-likeness (QED) is 0.533. The maximum absolute atomic E-state index is 10.3. The number of carbonyl (C=O) groups is 1. The molecule has 0 radical (unpaired) electrons. The highest BCUT2D eigenvalue weighted by Crippen LogP contribution is 2.11. The molecule has 0 fully saturated rings. The van der Waals surface area contributed by atoms with Crippen molar-refractivity contribution in [1.29, 1.82) is 0 Å². The van der Waals surface area contributed by atoms with Crippen molar-refractivity contribution in [2.75, 3.05) is 5.32 Å². The SMILES string of the molecule is NC(=S)Nc1cccc(C=CC(=O)O)c1. The standard InChI is InChI=1S/C10H10N2O2S/c11-10(15)12-8-3-1-2-7(6-8)4-5-9(13)14/h1-6H,(H,13,14)(H3,11,12,15). The Hall–Kier alpha value is -1.88. The van der Waals surface area contributed by atoms with Crippen LogP contribution in [-0.2, 0) is 4.79 Å². The third-order valence-corrected chi connectivity index (χ3v) is 1.67. The predicted octanol–water partition coefficient (Wildman–Crippen LogP) is 1.44. The molecule has 0 unspecified atom stereocenters. The summed E-state index contributed by atoms with van der Waals surface area (Å²) in [5.74, 6) is -0.984. The number of aliphatic carboxylic acids is 1. The first kappa shape index (κ1) is 11.2. The molecule has 15 heavy (non-hydrogen) atoms. The number of carboxylic acids is 1. The van der Waals surface area contributed by atoms with Gasteiger partial charge in [-0.05, 0) is 36.0 Å². The van der Waals surface area contributed by atoms with Gasteiger partial charge in [-0.1, -0.05) is 12.1 Å². The fourth-order valence-corrected chi connectivity index (χ4v) is 1.15. The highest BCUT2D eigenvalue weighted by atomic mass is 32.1. The number of benzene rings is 1. The summed E-state index contributed by atoms with van der Waals surface area (Å²) >= 11 is 4.68. The van der Waals surface area contributed by atoms with Crippen molar-refractivity contribution in [3.05, 3.63) is 35.9 Å². The van der Waals surface area contributed by atoms with Crippen LogP contribution in [0.25, 0.3) is 6.08 Å². The lowest BCUT2D eigenvalue weighted by atomic mass is 10.2. The van der Waals surface area contributed by atoms with Gasteiger partial charge in [0.2, 0.25) is 0 Å². The van der Waals surface area contributed by atoms with Crippen molar-refractivity contribution >= 4 is 35.1 Å². The number of hydrogen-bond donors (Lipinski definition) is 3. The summed E-state index contributed by atoms with van der Waals surface area (Å²) in [4.78, 5) is 10.3. The molecular weight excluding hydrogens is 212 g/mol. The molecule has 1 aromatic rings. The first-order valence-electron chi connectivity index (χ1n) is 4.15. The summed E-state index contributed by atoms with van der Waals surface area (Å²) in [7, 11) is 0. The van der Waals surface area contributed by atoms with E-state index in [-0.39, 0.29) is 5.11 Å². The minimum absolute atomic E-state index is 0.175. The molecule has 0 spiro atoms. The first-order valence-corrected chi connectivity index (χ1v) is 4.56. The van der Waals surface area contributed by atoms with Crippen LogP contribution in [0.5, 0.6) is 0 Å². The van der Waals surface area contributed by atoms with E-state index in [4.69, 9.17) is 10.8 Å². The van der Waals surface area contributed by atoms with Crippen molar-refractivity contribution in [1.82, 2.24) is 0 Å². The summed E-state index contributed by atoms with van der Waals surface area (Å²) < 4.78 is 0. The molecule has 1 rings (SSSR count). The molecule has 0 aliphatic carbocycles. The van der Waals surface area contributed by atoms with Crippen molar-refractivity contribution in [2.45, 2.75) is 0 Å². The molecule has 0 bridgehead atoms. The number of nitrogens with two attached hydrogens (primary N) is 1. The second-order valence-electron chi connectivity index (χ2n) is 2.79. The van der Waals surface area contributed by atoms with Gasteiger partial charge in [-0.15, -0.1) is 0 Å². The van der Waals surface area contributed by atoms with Crippen LogP contribution < -0.4 is 11.1 Å². The van der Waals surface area contributed by atoms with Crippen LogP contribution in [0, 0.1) is 0 Å². The largest absolute Gasteiger partial charge is 0.478 e. The third kappa shape index (κ3) is 4.24. The van der Waals surface area contributed by atoms with Crippen LogP contribution in [0.15, 0.2) is 30.3 Å². The van der Waals surface area contributed by atoms with Gasteiger partial charge in [-0.3, -0.25) is 0 Å².